The number of thioether (sulfide) groups is 1. The van der Waals surface area contributed by atoms with E-state index in [1.807, 2.05) is 54.8 Å². The number of hydrogen-bond donors (Lipinski definition) is 1. The molecule has 0 spiro atoms. The molecule has 0 aliphatic carbocycles. The van der Waals surface area contributed by atoms with E-state index >= 15 is 0 Å². The van der Waals surface area contributed by atoms with E-state index in [9.17, 15) is 0 Å². The number of nitrogens with two attached hydrogens (primary N) is 1. The van der Waals surface area contributed by atoms with Crippen LogP contribution in [0.25, 0.3) is 5.57 Å². The zero-order valence-electron chi connectivity index (χ0n) is 14.4. The molecular weight excluding hydrogens is 346 g/mol. The highest BCUT2D eigenvalue weighted by Crippen LogP contribution is 2.30. The van der Waals surface area contributed by atoms with E-state index in [0.29, 0.717) is 23.9 Å². The first-order valence-corrected chi connectivity index (χ1v) is 9.06. The largest absolute Gasteiger partial charge is 0.486 e. The zero-order chi connectivity index (χ0) is 18.4. The van der Waals surface area contributed by atoms with Crippen molar-refractivity contribution < 1.29 is 9.47 Å². The molecule has 0 fully saturated rings. The Morgan fingerprint density at radius 2 is 2.12 bits per heavy atom. The van der Waals surface area contributed by atoms with Gasteiger partial charge in [0.25, 0.3) is 0 Å². The molecule has 0 aromatic heterocycles. The molecule has 0 amide bonds. The van der Waals surface area contributed by atoms with Gasteiger partial charge in [0.2, 0.25) is 0 Å². The van der Waals surface area contributed by atoms with Crippen molar-refractivity contribution >= 4 is 22.5 Å². The van der Waals surface area contributed by atoms with Gasteiger partial charge in [0.1, 0.15) is 6.61 Å². The third-order valence-corrected chi connectivity index (χ3v) is 4.66. The lowest BCUT2D eigenvalue weighted by atomic mass is 10.1. The number of para-hydroxylation sites is 2. The summed E-state index contributed by atoms with van der Waals surface area (Å²) in [7, 11) is 0. The number of aliphatic imine (C=N–C) groups is 1. The Balaban J connectivity index is 1.56. The minimum Gasteiger partial charge on any atom is -0.486 e. The van der Waals surface area contributed by atoms with E-state index in [0.717, 1.165) is 22.6 Å². The third kappa shape index (κ3) is 4.58. The Labute approximate surface area is 157 Å². The van der Waals surface area contributed by atoms with Gasteiger partial charge in [-0.2, -0.15) is 5.26 Å². The summed E-state index contributed by atoms with van der Waals surface area (Å²) < 4.78 is 11.5. The summed E-state index contributed by atoms with van der Waals surface area (Å²) in [6, 6.07) is 17.2. The number of benzene rings is 2. The molecule has 3 rings (SSSR count). The summed E-state index contributed by atoms with van der Waals surface area (Å²) in [4.78, 5) is 4.38. The maximum atomic E-state index is 8.98. The quantitative estimate of drug-likeness (QED) is 0.658. The molecular formula is C20H19N3O2S. The van der Waals surface area contributed by atoms with Gasteiger partial charge in [-0.1, -0.05) is 36.0 Å². The second kappa shape index (κ2) is 8.45. The minimum absolute atomic E-state index is 0.151. The van der Waals surface area contributed by atoms with Crippen molar-refractivity contribution in [2.75, 3.05) is 13.2 Å². The van der Waals surface area contributed by atoms with Crippen LogP contribution < -0.4 is 15.2 Å². The first kappa shape index (κ1) is 17.9. The standard InChI is InChI=1S/C20H19N3O2S/c1-14(16-6-4-5-15(9-16)10-21)13-26-20(22)23-11-17-12-24-18-7-2-3-8-19(18)25-17/h2-9,13,17H,11-12H2,1H3,(H2,22,23)/b14-13+. The van der Waals surface area contributed by atoms with Gasteiger partial charge in [-0.15, -0.1) is 0 Å². The van der Waals surface area contributed by atoms with Crippen LogP contribution in [0.5, 0.6) is 11.5 Å². The molecule has 1 aliphatic heterocycles. The Kier molecular flexibility index (Phi) is 5.82. The summed E-state index contributed by atoms with van der Waals surface area (Å²) in [5, 5.41) is 11.4. The molecule has 0 radical (unpaired) electrons. The first-order valence-electron chi connectivity index (χ1n) is 8.18. The first-order chi connectivity index (χ1) is 12.7. The maximum Gasteiger partial charge on any atom is 0.161 e. The average molecular weight is 365 g/mol. The molecule has 2 aromatic carbocycles. The van der Waals surface area contributed by atoms with E-state index in [4.69, 9.17) is 20.5 Å². The summed E-state index contributed by atoms with van der Waals surface area (Å²) >= 11 is 1.35. The SMILES string of the molecule is C/C(=C\SC(N)=NCC1COc2ccccc2O1)c1cccc(C#N)c1. The highest BCUT2D eigenvalue weighted by molar-refractivity contribution is 8.16. The maximum absolute atomic E-state index is 8.98. The lowest BCUT2D eigenvalue weighted by Crippen LogP contribution is -2.32. The normalized spacial score (nSPS) is 16.8. The number of hydrogen-bond acceptors (Lipinski definition) is 5. The lowest BCUT2D eigenvalue weighted by Gasteiger charge is -2.25. The van der Waals surface area contributed by atoms with Crippen LogP contribution in [-0.2, 0) is 0 Å². The number of nitrogens with zero attached hydrogens (tertiary/aromatic N) is 2. The molecule has 2 aromatic rings. The van der Waals surface area contributed by atoms with Crippen molar-refractivity contribution in [3.05, 3.63) is 65.1 Å². The highest BCUT2D eigenvalue weighted by atomic mass is 32.2. The second-order valence-electron chi connectivity index (χ2n) is 5.79. The van der Waals surface area contributed by atoms with Crippen LogP contribution in [0.2, 0.25) is 0 Å². The molecule has 1 unspecified atom stereocenters. The number of amidine groups is 1. The zero-order valence-corrected chi connectivity index (χ0v) is 15.2. The van der Waals surface area contributed by atoms with Gasteiger partial charge >= 0.3 is 0 Å². The molecule has 132 valence electrons. The average Bonchev–Trinajstić information content (AvgIpc) is 2.70. The van der Waals surface area contributed by atoms with Gasteiger partial charge in [-0.05, 0) is 47.7 Å². The van der Waals surface area contributed by atoms with Gasteiger partial charge in [0, 0.05) is 0 Å². The van der Waals surface area contributed by atoms with Crippen LogP contribution in [-0.4, -0.2) is 24.4 Å². The lowest BCUT2D eigenvalue weighted by molar-refractivity contribution is 0.0973. The van der Waals surface area contributed by atoms with Crippen molar-refractivity contribution in [3.8, 4) is 17.6 Å². The molecule has 1 atom stereocenters. The minimum atomic E-state index is -0.151. The number of fused-ring (bicyclic) bond motifs is 1. The van der Waals surface area contributed by atoms with Crippen LogP contribution in [0.15, 0.2) is 58.9 Å². The summed E-state index contributed by atoms with van der Waals surface area (Å²) in [6.45, 7) is 2.87. The fourth-order valence-electron chi connectivity index (χ4n) is 2.43. The Morgan fingerprint density at radius 3 is 2.92 bits per heavy atom. The second-order valence-corrected chi connectivity index (χ2v) is 6.68. The van der Waals surface area contributed by atoms with E-state index in [2.05, 4.69) is 11.1 Å². The number of allylic oxidation sites excluding steroid dienone is 1. The monoisotopic (exact) mass is 365 g/mol. The van der Waals surface area contributed by atoms with E-state index < -0.39 is 0 Å². The van der Waals surface area contributed by atoms with Gasteiger partial charge < -0.3 is 15.2 Å². The molecule has 0 bridgehead atoms. The fraction of sp³-hybridized carbons (Fsp3) is 0.200. The summed E-state index contributed by atoms with van der Waals surface area (Å²) in [6.07, 6.45) is -0.151. The van der Waals surface area contributed by atoms with Gasteiger partial charge in [-0.25, -0.2) is 0 Å². The predicted octanol–water partition coefficient (Wildman–Crippen LogP) is 3.81. The smallest absolute Gasteiger partial charge is 0.161 e. The van der Waals surface area contributed by atoms with Crippen molar-refractivity contribution in [1.29, 1.82) is 5.26 Å². The summed E-state index contributed by atoms with van der Waals surface area (Å²) in [5.41, 5.74) is 8.64. The summed E-state index contributed by atoms with van der Waals surface area (Å²) in [5.74, 6) is 1.49. The molecule has 26 heavy (non-hydrogen) atoms. The molecule has 2 N–H and O–H groups in total. The van der Waals surface area contributed by atoms with Crippen molar-refractivity contribution in [3.63, 3.8) is 0 Å². The molecule has 5 nitrogen and oxygen atoms in total. The molecule has 6 heteroatoms. The molecule has 0 saturated carbocycles. The van der Waals surface area contributed by atoms with Crippen LogP contribution in [0.4, 0.5) is 0 Å². The van der Waals surface area contributed by atoms with Crippen LogP contribution in [0.3, 0.4) is 0 Å². The van der Waals surface area contributed by atoms with Crippen molar-refractivity contribution in [2.24, 2.45) is 10.7 Å². The molecule has 1 aliphatic rings. The van der Waals surface area contributed by atoms with Crippen LogP contribution in [0, 0.1) is 11.3 Å². The Bertz CT molecular complexity index is 887. The van der Waals surface area contributed by atoms with Crippen LogP contribution >= 0.6 is 11.8 Å². The Morgan fingerprint density at radius 1 is 1.31 bits per heavy atom. The Hall–Kier alpha value is -2.91. The number of rotatable bonds is 4. The molecule has 1 heterocycles. The van der Waals surface area contributed by atoms with Crippen LogP contribution in [0.1, 0.15) is 18.1 Å². The topological polar surface area (TPSA) is 80.6 Å². The number of ether oxygens (including phenoxy) is 2. The van der Waals surface area contributed by atoms with E-state index in [1.54, 1.807) is 6.07 Å². The molecule has 0 saturated heterocycles. The predicted molar refractivity (Wildman–Crippen MR) is 105 cm³/mol. The van der Waals surface area contributed by atoms with Gasteiger partial charge in [0.15, 0.2) is 22.8 Å². The number of nitriles is 1. The van der Waals surface area contributed by atoms with Crippen molar-refractivity contribution in [1.82, 2.24) is 0 Å². The highest BCUT2D eigenvalue weighted by Gasteiger charge is 2.20. The fourth-order valence-corrected chi connectivity index (χ4v) is 3.02. The van der Waals surface area contributed by atoms with Crippen molar-refractivity contribution in [2.45, 2.75) is 13.0 Å². The van der Waals surface area contributed by atoms with Gasteiger partial charge in [0.05, 0.1) is 18.2 Å². The van der Waals surface area contributed by atoms with E-state index in [-0.39, 0.29) is 6.10 Å². The van der Waals surface area contributed by atoms with Gasteiger partial charge in [-0.3, -0.25) is 4.99 Å². The van der Waals surface area contributed by atoms with E-state index in [1.165, 1.54) is 11.8 Å². The third-order valence-electron chi connectivity index (χ3n) is 3.82.